The number of carbonyl (C=O) groups is 2. The standard InChI is InChI=1S/C22H23ClN4O4S/c1-13-8-14(2)21(15(3)9-13)25-18(28)10-24-19(29)12-32-22-27-26-20(31-22)11-30-17-7-5-4-6-16(17)23/h4-9H,10-12H2,1-3H3,(H,24,29)(H,25,28). The maximum atomic E-state index is 12.2. The lowest BCUT2D eigenvalue weighted by atomic mass is 10.1. The van der Waals surface area contributed by atoms with Gasteiger partial charge in [0.05, 0.1) is 17.3 Å². The summed E-state index contributed by atoms with van der Waals surface area (Å²) in [4.78, 5) is 24.3. The second-order valence-electron chi connectivity index (χ2n) is 7.07. The van der Waals surface area contributed by atoms with Crippen LogP contribution in [-0.4, -0.2) is 34.3 Å². The van der Waals surface area contributed by atoms with Crippen LogP contribution in [-0.2, 0) is 16.2 Å². The first-order chi connectivity index (χ1) is 15.3. The molecular formula is C22H23ClN4O4S. The van der Waals surface area contributed by atoms with Crippen molar-refractivity contribution in [2.75, 3.05) is 17.6 Å². The van der Waals surface area contributed by atoms with Crippen LogP contribution in [0.1, 0.15) is 22.6 Å². The second-order valence-corrected chi connectivity index (χ2v) is 8.40. The molecule has 3 rings (SSSR count). The van der Waals surface area contributed by atoms with Gasteiger partial charge in [-0.15, -0.1) is 10.2 Å². The first-order valence-corrected chi connectivity index (χ1v) is 11.1. The molecule has 0 spiro atoms. The maximum absolute atomic E-state index is 12.2. The third kappa shape index (κ3) is 6.73. The normalized spacial score (nSPS) is 10.6. The van der Waals surface area contributed by atoms with Gasteiger partial charge in [-0.1, -0.05) is 53.2 Å². The van der Waals surface area contributed by atoms with E-state index >= 15 is 0 Å². The Kier molecular flexibility index (Phi) is 8.13. The highest BCUT2D eigenvalue weighted by Crippen LogP contribution is 2.24. The van der Waals surface area contributed by atoms with Crippen LogP contribution in [0.25, 0.3) is 0 Å². The van der Waals surface area contributed by atoms with E-state index in [1.807, 2.05) is 32.9 Å². The number of halogens is 1. The largest absolute Gasteiger partial charge is 0.482 e. The number of carbonyl (C=O) groups excluding carboxylic acids is 2. The van der Waals surface area contributed by atoms with Crippen molar-refractivity contribution in [3.8, 4) is 5.75 Å². The lowest BCUT2D eigenvalue weighted by Crippen LogP contribution is -2.34. The van der Waals surface area contributed by atoms with E-state index in [9.17, 15) is 9.59 Å². The number of para-hydroxylation sites is 1. The minimum absolute atomic E-state index is 0.0306. The smallest absolute Gasteiger partial charge is 0.277 e. The summed E-state index contributed by atoms with van der Waals surface area (Å²) in [5, 5.41) is 13.9. The molecule has 32 heavy (non-hydrogen) atoms. The SMILES string of the molecule is Cc1cc(C)c(NC(=O)CNC(=O)CSc2nnc(COc3ccccc3Cl)o2)c(C)c1. The fourth-order valence-corrected chi connectivity index (χ4v) is 3.77. The van der Waals surface area contributed by atoms with Crippen molar-refractivity contribution in [1.82, 2.24) is 15.5 Å². The van der Waals surface area contributed by atoms with Crippen molar-refractivity contribution in [2.45, 2.75) is 32.6 Å². The van der Waals surface area contributed by atoms with Crippen LogP contribution in [0.2, 0.25) is 5.02 Å². The number of ether oxygens (including phenoxy) is 1. The van der Waals surface area contributed by atoms with Gasteiger partial charge in [-0.3, -0.25) is 9.59 Å². The molecule has 0 atom stereocenters. The summed E-state index contributed by atoms with van der Waals surface area (Å²) in [6.45, 7) is 5.79. The van der Waals surface area contributed by atoms with E-state index in [2.05, 4.69) is 20.8 Å². The Morgan fingerprint density at radius 1 is 1.09 bits per heavy atom. The van der Waals surface area contributed by atoms with Crippen LogP contribution in [0, 0.1) is 20.8 Å². The number of benzene rings is 2. The van der Waals surface area contributed by atoms with Crippen LogP contribution in [0.3, 0.4) is 0 Å². The Hall–Kier alpha value is -3.04. The first kappa shape index (κ1) is 23.6. The predicted molar refractivity (Wildman–Crippen MR) is 123 cm³/mol. The predicted octanol–water partition coefficient (Wildman–Crippen LogP) is 4.07. The zero-order valence-electron chi connectivity index (χ0n) is 17.9. The topological polar surface area (TPSA) is 106 Å². The van der Waals surface area contributed by atoms with Gasteiger partial charge >= 0.3 is 0 Å². The van der Waals surface area contributed by atoms with Crippen molar-refractivity contribution in [3.05, 3.63) is 64.0 Å². The van der Waals surface area contributed by atoms with Crippen molar-refractivity contribution in [1.29, 1.82) is 0 Å². The molecular weight excluding hydrogens is 452 g/mol. The Bertz CT molecular complexity index is 1100. The van der Waals surface area contributed by atoms with Gasteiger partial charge in [-0.2, -0.15) is 0 Å². The molecule has 2 amide bonds. The minimum atomic E-state index is -0.324. The highest BCUT2D eigenvalue weighted by molar-refractivity contribution is 7.99. The summed E-state index contributed by atoms with van der Waals surface area (Å²) >= 11 is 7.10. The number of hydrogen-bond acceptors (Lipinski definition) is 7. The molecule has 3 aromatic rings. The summed E-state index contributed by atoms with van der Waals surface area (Å²) in [6, 6.07) is 11.0. The van der Waals surface area contributed by atoms with Crippen LogP contribution < -0.4 is 15.4 Å². The highest BCUT2D eigenvalue weighted by Gasteiger charge is 2.13. The molecule has 1 aromatic heterocycles. The zero-order valence-corrected chi connectivity index (χ0v) is 19.5. The number of aromatic nitrogens is 2. The first-order valence-electron chi connectivity index (χ1n) is 9.78. The van der Waals surface area contributed by atoms with Crippen molar-refractivity contribution in [3.63, 3.8) is 0 Å². The molecule has 0 unspecified atom stereocenters. The molecule has 10 heteroatoms. The average molecular weight is 475 g/mol. The lowest BCUT2D eigenvalue weighted by Gasteiger charge is -2.13. The molecule has 0 radical (unpaired) electrons. The van der Waals surface area contributed by atoms with Crippen molar-refractivity contribution in [2.24, 2.45) is 0 Å². The second kappa shape index (κ2) is 11.0. The van der Waals surface area contributed by atoms with Gasteiger partial charge in [0.1, 0.15) is 5.75 Å². The summed E-state index contributed by atoms with van der Waals surface area (Å²) in [5.74, 6) is 0.180. The van der Waals surface area contributed by atoms with Crippen molar-refractivity contribution < 1.29 is 18.7 Å². The summed E-state index contributed by atoms with van der Waals surface area (Å²) in [5.41, 5.74) is 3.84. The van der Waals surface area contributed by atoms with Crippen molar-refractivity contribution >= 4 is 40.9 Å². The number of hydrogen-bond donors (Lipinski definition) is 2. The molecule has 0 saturated carbocycles. The summed E-state index contributed by atoms with van der Waals surface area (Å²) < 4.78 is 11.0. The Labute approximate surface area is 195 Å². The number of aryl methyl sites for hydroxylation is 3. The van der Waals surface area contributed by atoms with Gasteiger partial charge < -0.3 is 19.8 Å². The number of anilines is 1. The van der Waals surface area contributed by atoms with E-state index in [1.165, 1.54) is 0 Å². The Morgan fingerprint density at radius 2 is 1.81 bits per heavy atom. The van der Waals surface area contributed by atoms with E-state index in [0.717, 1.165) is 34.1 Å². The van der Waals surface area contributed by atoms with E-state index in [-0.39, 0.29) is 41.8 Å². The van der Waals surface area contributed by atoms with Gasteiger partial charge in [0, 0.05) is 5.69 Å². The lowest BCUT2D eigenvalue weighted by molar-refractivity contribution is -0.122. The number of amides is 2. The quantitative estimate of drug-likeness (QED) is 0.450. The van der Waals surface area contributed by atoms with E-state index in [0.29, 0.717) is 10.8 Å². The monoisotopic (exact) mass is 474 g/mol. The number of nitrogens with one attached hydrogen (secondary N) is 2. The van der Waals surface area contributed by atoms with Gasteiger partial charge in [-0.25, -0.2) is 0 Å². The molecule has 0 aliphatic rings. The highest BCUT2D eigenvalue weighted by atomic mass is 35.5. The molecule has 0 saturated heterocycles. The van der Waals surface area contributed by atoms with E-state index < -0.39 is 0 Å². The zero-order chi connectivity index (χ0) is 23.1. The molecule has 0 aliphatic heterocycles. The molecule has 168 valence electrons. The molecule has 0 fully saturated rings. The summed E-state index contributed by atoms with van der Waals surface area (Å²) in [6.07, 6.45) is 0. The fraction of sp³-hybridized carbons (Fsp3) is 0.273. The Balaban J connectivity index is 1.41. The Morgan fingerprint density at radius 3 is 2.53 bits per heavy atom. The molecule has 0 aliphatic carbocycles. The number of nitrogens with zero attached hydrogens (tertiary/aromatic N) is 2. The van der Waals surface area contributed by atoms with E-state index in [4.69, 9.17) is 20.8 Å². The van der Waals surface area contributed by atoms with Gasteiger partial charge in [-0.05, 0) is 44.0 Å². The average Bonchev–Trinajstić information content (AvgIpc) is 3.20. The van der Waals surface area contributed by atoms with Crippen LogP contribution in [0.15, 0.2) is 46.0 Å². The minimum Gasteiger partial charge on any atom is -0.482 e. The fourth-order valence-electron chi connectivity index (χ4n) is 2.97. The van der Waals surface area contributed by atoms with Gasteiger partial charge in [0.15, 0.2) is 6.61 Å². The maximum Gasteiger partial charge on any atom is 0.277 e. The third-order valence-corrected chi connectivity index (χ3v) is 5.48. The molecule has 2 N–H and O–H groups in total. The van der Waals surface area contributed by atoms with Crippen LogP contribution in [0.4, 0.5) is 5.69 Å². The molecule has 1 heterocycles. The molecule has 0 bridgehead atoms. The summed E-state index contributed by atoms with van der Waals surface area (Å²) in [7, 11) is 0. The van der Waals surface area contributed by atoms with Crippen LogP contribution >= 0.6 is 23.4 Å². The number of thioether (sulfide) groups is 1. The third-order valence-electron chi connectivity index (χ3n) is 4.35. The van der Waals surface area contributed by atoms with Gasteiger partial charge in [0.2, 0.25) is 11.8 Å². The van der Waals surface area contributed by atoms with Gasteiger partial charge in [0.25, 0.3) is 11.1 Å². The van der Waals surface area contributed by atoms with Crippen LogP contribution in [0.5, 0.6) is 5.75 Å². The van der Waals surface area contributed by atoms with E-state index in [1.54, 1.807) is 24.3 Å². The number of rotatable bonds is 9. The molecule has 2 aromatic carbocycles. The molecule has 8 nitrogen and oxygen atoms in total.